The van der Waals surface area contributed by atoms with Crippen molar-refractivity contribution >= 4 is 22.9 Å². The predicted octanol–water partition coefficient (Wildman–Crippen LogP) is 2.53. The fourth-order valence-corrected chi connectivity index (χ4v) is 4.99. The van der Waals surface area contributed by atoms with Gasteiger partial charge in [-0.05, 0) is 30.5 Å². The van der Waals surface area contributed by atoms with Crippen LogP contribution >= 0.6 is 11.3 Å². The third kappa shape index (κ3) is 5.57. The van der Waals surface area contributed by atoms with Crippen molar-refractivity contribution in [1.82, 2.24) is 0 Å². The van der Waals surface area contributed by atoms with Crippen LogP contribution in [0.2, 0.25) is 0 Å². The first-order valence-electron chi connectivity index (χ1n) is 10.8. The third-order valence-corrected chi connectivity index (χ3v) is 6.78. The van der Waals surface area contributed by atoms with E-state index < -0.39 is 0 Å². The summed E-state index contributed by atoms with van der Waals surface area (Å²) in [4.78, 5) is 15.5. The Balaban J connectivity index is 1.33. The number of quaternary nitrogens is 2. The second kappa shape index (κ2) is 10.0. The molecule has 1 aromatic heterocycles. The lowest BCUT2D eigenvalue weighted by Crippen LogP contribution is -3.08. The molecule has 4 rings (SSSR count). The van der Waals surface area contributed by atoms with Crippen LogP contribution in [0.1, 0.15) is 40.5 Å². The Hall–Kier alpha value is -2.47. The minimum absolute atomic E-state index is 0.0292. The molecule has 156 valence electrons. The summed E-state index contributed by atoms with van der Waals surface area (Å²) in [5.74, 6) is 0.0292. The summed E-state index contributed by atoms with van der Waals surface area (Å²) >= 11 is 1.74. The molecule has 1 amide bonds. The molecule has 3 aromatic rings. The first kappa shape index (κ1) is 20.8. The number of hydrogen-bond acceptors (Lipinski definition) is 2. The Morgan fingerprint density at radius 1 is 1.07 bits per heavy atom. The quantitative estimate of drug-likeness (QED) is 0.514. The summed E-state index contributed by atoms with van der Waals surface area (Å²) < 4.78 is 0. The highest BCUT2D eigenvalue weighted by molar-refractivity contribution is 7.10. The Bertz CT molecular complexity index is 930. The van der Waals surface area contributed by atoms with Gasteiger partial charge in [-0.2, -0.15) is 0 Å². The molecule has 0 aliphatic carbocycles. The Kier molecular flexibility index (Phi) is 6.95. The molecule has 1 saturated heterocycles. The number of nitrogens with one attached hydrogen (secondary N) is 2. The standard InChI is InChI=1S/C25H29N3OS/c1-19-6-10-21(11-7-19)25(23-5-4-16-30-23)26-17-24(29)27-22-12-8-20(9-13-22)18-28-14-2-3-15-28/h4-13,16,25-26H,2-3,14-15,17-18H2,1H3,(H,27,29)/p+2/t25-/m1/s1. The number of nitrogens with two attached hydrogens (primary N) is 1. The molecule has 2 heterocycles. The molecule has 2 aromatic carbocycles. The van der Waals surface area contributed by atoms with Crippen molar-refractivity contribution in [2.45, 2.75) is 32.4 Å². The van der Waals surface area contributed by atoms with Crippen molar-refractivity contribution in [2.24, 2.45) is 0 Å². The SMILES string of the molecule is Cc1ccc([C@@H]([NH2+]CC(=O)Nc2ccc(C[NH+]3CCCC3)cc2)c2cccs2)cc1. The lowest BCUT2D eigenvalue weighted by atomic mass is 10.0. The highest BCUT2D eigenvalue weighted by Gasteiger charge is 2.20. The number of benzene rings is 2. The van der Waals surface area contributed by atoms with Gasteiger partial charge in [-0.3, -0.25) is 4.79 Å². The molecular weight excluding hydrogens is 390 g/mol. The zero-order valence-corrected chi connectivity index (χ0v) is 18.4. The van der Waals surface area contributed by atoms with E-state index in [1.807, 2.05) is 12.1 Å². The largest absolute Gasteiger partial charge is 0.331 e. The molecular formula is C25H31N3OS+2. The summed E-state index contributed by atoms with van der Waals surface area (Å²) in [5, 5.41) is 7.27. The molecule has 4 nitrogen and oxygen atoms in total. The number of amides is 1. The van der Waals surface area contributed by atoms with Gasteiger partial charge in [-0.15, -0.1) is 11.3 Å². The monoisotopic (exact) mass is 421 g/mol. The Morgan fingerprint density at radius 3 is 2.47 bits per heavy atom. The topological polar surface area (TPSA) is 50.1 Å². The molecule has 1 aliphatic rings. The van der Waals surface area contributed by atoms with Crippen LogP contribution in [0.3, 0.4) is 0 Å². The van der Waals surface area contributed by atoms with Crippen molar-refractivity contribution in [2.75, 3.05) is 25.0 Å². The first-order chi connectivity index (χ1) is 14.7. The van der Waals surface area contributed by atoms with Crippen LogP contribution in [-0.2, 0) is 11.3 Å². The summed E-state index contributed by atoms with van der Waals surface area (Å²) in [6.45, 7) is 6.12. The van der Waals surface area contributed by atoms with Crippen LogP contribution in [0.4, 0.5) is 5.69 Å². The minimum Gasteiger partial charge on any atom is -0.331 e. The van der Waals surface area contributed by atoms with Gasteiger partial charge in [0.15, 0.2) is 6.54 Å². The summed E-state index contributed by atoms with van der Waals surface area (Å²) in [5.41, 5.74) is 4.69. The number of rotatable bonds is 8. The molecule has 1 atom stereocenters. The van der Waals surface area contributed by atoms with Gasteiger partial charge in [0.05, 0.1) is 18.0 Å². The van der Waals surface area contributed by atoms with Crippen molar-refractivity contribution in [3.8, 4) is 0 Å². The predicted molar refractivity (Wildman–Crippen MR) is 123 cm³/mol. The van der Waals surface area contributed by atoms with E-state index in [4.69, 9.17) is 0 Å². The molecule has 0 spiro atoms. The number of carbonyl (C=O) groups is 1. The normalized spacial score (nSPS) is 15.2. The van der Waals surface area contributed by atoms with Crippen molar-refractivity contribution in [1.29, 1.82) is 0 Å². The second-order valence-corrected chi connectivity index (χ2v) is 9.20. The maximum atomic E-state index is 12.6. The Morgan fingerprint density at radius 2 is 1.80 bits per heavy atom. The summed E-state index contributed by atoms with van der Waals surface area (Å²) in [7, 11) is 0. The lowest BCUT2D eigenvalue weighted by molar-refractivity contribution is -0.901. The fourth-order valence-electron chi connectivity index (χ4n) is 4.14. The maximum Gasteiger partial charge on any atom is 0.279 e. The summed E-state index contributed by atoms with van der Waals surface area (Å²) in [6, 6.07) is 21.3. The van der Waals surface area contributed by atoms with Crippen molar-refractivity contribution in [3.05, 3.63) is 87.6 Å². The molecule has 5 heteroatoms. The van der Waals surface area contributed by atoms with Gasteiger partial charge in [-0.1, -0.05) is 48.0 Å². The van der Waals surface area contributed by atoms with Crippen LogP contribution < -0.4 is 15.5 Å². The number of anilines is 1. The van der Waals surface area contributed by atoms with Crippen molar-refractivity contribution < 1.29 is 15.0 Å². The number of thiophene rings is 1. The molecule has 1 aliphatic heterocycles. The van der Waals surface area contributed by atoms with Crippen molar-refractivity contribution in [3.63, 3.8) is 0 Å². The zero-order chi connectivity index (χ0) is 20.8. The van der Waals surface area contributed by atoms with E-state index in [0.29, 0.717) is 6.54 Å². The minimum atomic E-state index is 0.0292. The highest BCUT2D eigenvalue weighted by Crippen LogP contribution is 2.23. The van der Waals surface area contributed by atoms with Crippen LogP contribution in [0, 0.1) is 6.92 Å². The van der Waals surface area contributed by atoms with Gasteiger partial charge < -0.3 is 15.5 Å². The summed E-state index contributed by atoms with van der Waals surface area (Å²) in [6.07, 6.45) is 2.68. The highest BCUT2D eigenvalue weighted by atomic mass is 32.1. The van der Waals surface area contributed by atoms with Gasteiger partial charge >= 0.3 is 0 Å². The molecule has 1 fully saturated rings. The molecule has 30 heavy (non-hydrogen) atoms. The maximum absolute atomic E-state index is 12.6. The third-order valence-electron chi connectivity index (χ3n) is 5.83. The van der Waals surface area contributed by atoms with Gasteiger partial charge in [0.1, 0.15) is 12.6 Å². The smallest absolute Gasteiger partial charge is 0.279 e. The zero-order valence-electron chi connectivity index (χ0n) is 17.6. The molecule has 0 bridgehead atoms. The Labute approximate surface area is 182 Å². The van der Waals surface area contributed by atoms with Gasteiger partial charge in [-0.25, -0.2) is 0 Å². The second-order valence-electron chi connectivity index (χ2n) is 8.22. The fraction of sp³-hybridized carbons (Fsp3) is 0.320. The lowest BCUT2D eigenvalue weighted by Gasteiger charge is -2.15. The van der Waals surface area contributed by atoms with E-state index in [0.717, 1.165) is 12.2 Å². The van der Waals surface area contributed by atoms with Crippen LogP contribution in [0.5, 0.6) is 0 Å². The van der Waals surface area contributed by atoms with E-state index in [-0.39, 0.29) is 11.9 Å². The average Bonchev–Trinajstić information content (AvgIpc) is 3.45. The number of aryl methyl sites for hydroxylation is 1. The van der Waals surface area contributed by atoms with Crippen LogP contribution in [0.15, 0.2) is 66.0 Å². The number of hydrogen-bond donors (Lipinski definition) is 3. The van der Waals surface area contributed by atoms with Gasteiger partial charge in [0.25, 0.3) is 5.91 Å². The van der Waals surface area contributed by atoms with E-state index >= 15 is 0 Å². The molecule has 0 saturated carbocycles. The van der Waals surface area contributed by atoms with Crippen LogP contribution in [-0.4, -0.2) is 25.5 Å². The average molecular weight is 422 g/mol. The molecule has 0 unspecified atom stereocenters. The van der Waals surface area contributed by atoms with Crippen LogP contribution in [0.25, 0.3) is 0 Å². The van der Waals surface area contributed by atoms with E-state index in [2.05, 4.69) is 71.5 Å². The van der Waals surface area contributed by atoms with E-state index in [9.17, 15) is 4.79 Å². The van der Waals surface area contributed by atoms with E-state index in [1.54, 1.807) is 16.2 Å². The molecule has 0 radical (unpaired) electrons. The number of carbonyl (C=O) groups excluding carboxylic acids is 1. The first-order valence-corrected chi connectivity index (χ1v) is 11.7. The van der Waals surface area contributed by atoms with E-state index in [1.165, 1.54) is 47.5 Å². The number of likely N-dealkylation sites (tertiary alicyclic amines) is 1. The van der Waals surface area contributed by atoms with Gasteiger partial charge in [0.2, 0.25) is 0 Å². The van der Waals surface area contributed by atoms with Gasteiger partial charge in [0, 0.05) is 29.7 Å². The molecule has 4 N–H and O–H groups in total.